The van der Waals surface area contributed by atoms with Crippen LogP contribution in [0.1, 0.15) is 43.4 Å². The molecule has 0 bridgehead atoms. The summed E-state index contributed by atoms with van der Waals surface area (Å²) in [6, 6.07) is 13.4. The molecule has 0 aliphatic heterocycles. The minimum absolute atomic E-state index is 0.0864. The van der Waals surface area contributed by atoms with Gasteiger partial charge < -0.3 is 10.5 Å². The molecule has 0 aliphatic rings. The van der Waals surface area contributed by atoms with Crippen molar-refractivity contribution < 1.29 is 9.53 Å². The molecule has 2 aromatic rings. The molecule has 3 N–H and O–H groups in total. The van der Waals surface area contributed by atoms with Crippen LogP contribution in [-0.4, -0.2) is 18.2 Å². The minimum atomic E-state index is -0.306. The van der Waals surface area contributed by atoms with Crippen molar-refractivity contribution in [2.75, 3.05) is 12.3 Å². The van der Waals surface area contributed by atoms with Crippen molar-refractivity contribution in [3.8, 4) is 5.75 Å². The third-order valence-corrected chi connectivity index (χ3v) is 3.80. The third-order valence-electron chi connectivity index (χ3n) is 3.80. The Labute approximate surface area is 148 Å². The lowest BCUT2D eigenvalue weighted by atomic mass is 10.0. The molecule has 0 heterocycles. The van der Waals surface area contributed by atoms with Crippen LogP contribution in [0.2, 0.25) is 0 Å². The Balaban J connectivity index is 1.97. The molecule has 1 amide bonds. The number of benzene rings is 2. The van der Waals surface area contributed by atoms with E-state index in [4.69, 9.17) is 10.5 Å². The second-order valence-corrected chi connectivity index (χ2v) is 6.34. The number of nitrogen functional groups attached to an aromatic ring is 1. The molecule has 0 saturated heterocycles. The summed E-state index contributed by atoms with van der Waals surface area (Å²) in [7, 11) is 0. The highest BCUT2D eigenvalue weighted by molar-refractivity contribution is 5.99. The number of rotatable bonds is 6. The number of nitrogens with one attached hydrogen (secondary N) is 1. The van der Waals surface area contributed by atoms with E-state index in [9.17, 15) is 4.79 Å². The standard InChI is InChI=1S/C20H25N3O2/c1-13(2)18-9-8-14(3)10-19(18)25-12-20(24)23-22-15(4)16-6-5-7-17(21)11-16/h5-11,13H,12,21H2,1-4H3,(H,23,24). The van der Waals surface area contributed by atoms with Gasteiger partial charge in [0.2, 0.25) is 0 Å². The van der Waals surface area contributed by atoms with Crippen LogP contribution in [-0.2, 0) is 4.79 Å². The zero-order valence-corrected chi connectivity index (χ0v) is 15.2. The maximum atomic E-state index is 12.0. The maximum absolute atomic E-state index is 12.0. The van der Waals surface area contributed by atoms with Crippen molar-refractivity contribution >= 4 is 17.3 Å². The van der Waals surface area contributed by atoms with Gasteiger partial charge in [0.1, 0.15) is 5.75 Å². The van der Waals surface area contributed by atoms with Gasteiger partial charge in [-0.25, -0.2) is 5.43 Å². The van der Waals surface area contributed by atoms with E-state index in [2.05, 4.69) is 24.4 Å². The van der Waals surface area contributed by atoms with E-state index in [0.29, 0.717) is 17.3 Å². The van der Waals surface area contributed by atoms with Gasteiger partial charge in [0.25, 0.3) is 5.91 Å². The zero-order valence-electron chi connectivity index (χ0n) is 15.2. The lowest BCUT2D eigenvalue weighted by Gasteiger charge is -2.14. The minimum Gasteiger partial charge on any atom is -0.483 e. The average molecular weight is 339 g/mol. The van der Waals surface area contributed by atoms with Gasteiger partial charge in [0.05, 0.1) is 5.71 Å². The molecule has 0 unspecified atom stereocenters. The van der Waals surface area contributed by atoms with Gasteiger partial charge in [-0.15, -0.1) is 0 Å². The van der Waals surface area contributed by atoms with Crippen molar-refractivity contribution in [3.63, 3.8) is 0 Å². The molecule has 0 radical (unpaired) electrons. The van der Waals surface area contributed by atoms with E-state index in [-0.39, 0.29) is 12.5 Å². The van der Waals surface area contributed by atoms with Gasteiger partial charge in [-0.2, -0.15) is 5.10 Å². The maximum Gasteiger partial charge on any atom is 0.277 e. The molecule has 25 heavy (non-hydrogen) atoms. The van der Waals surface area contributed by atoms with Crippen LogP contribution in [0.15, 0.2) is 47.6 Å². The summed E-state index contributed by atoms with van der Waals surface area (Å²) in [4.78, 5) is 12.0. The summed E-state index contributed by atoms with van der Waals surface area (Å²) in [6.07, 6.45) is 0. The van der Waals surface area contributed by atoms with Crippen LogP contribution in [0.3, 0.4) is 0 Å². The van der Waals surface area contributed by atoms with E-state index in [1.807, 2.05) is 50.2 Å². The number of carbonyl (C=O) groups is 1. The molecule has 0 spiro atoms. The molecule has 2 rings (SSSR count). The first-order valence-corrected chi connectivity index (χ1v) is 8.29. The summed E-state index contributed by atoms with van der Waals surface area (Å²) in [5.41, 5.74) is 12.6. The molecule has 132 valence electrons. The Morgan fingerprint density at radius 2 is 2.00 bits per heavy atom. The molecule has 5 nitrogen and oxygen atoms in total. The fraction of sp³-hybridized carbons (Fsp3) is 0.300. The molecule has 5 heteroatoms. The fourth-order valence-corrected chi connectivity index (χ4v) is 2.39. The normalized spacial score (nSPS) is 11.5. The van der Waals surface area contributed by atoms with Crippen LogP contribution in [0.5, 0.6) is 5.75 Å². The number of aryl methyl sites for hydroxylation is 1. The van der Waals surface area contributed by atoms with Crippen molar-refractivity contribution in [3.05, 3.63) is 59.2 Å². The number of amides is 1. The van der Waals surface area contributed by atoms with E-state index in [0.717, 1.165) is 22.4 Å². The molecular weight excluding hydrogens is 314 g/mol. The monoisotopic (exact) mass is 339 g/mol. The fourth-order valence-electron chi connectivity index (χ4n) is 2.39. The number of hydrazone groups is 1. The number of hydrogen-bond acceptors (Lipinski definition) is 4. The molecule has 2 aromatic carbocycles. The lowest BCUT2D eigenvalue weighted by Crippen LogP contribution is -2.26. The number of ether oxygens (including phenoxy) is 1. The van der Waals surface area contributed by atoms with Crippen molar-refractivity contribution in [1.29, 1.82) is 0 Å². The van der Waals surface area contributed by atoms with Crippen molar-refractivity contribution in [2.24, 2.45) is 5.10 Å². The van der Waals surface area contributed by atoms with Crippen LogP contribution in [0.25, 0.3) is 0 Å². The summed E-state index contributed by atoms with van der Waals surface area (Å²) in [5.74, 6) is 0.753. The number of carbonyl (C=O) groups excluding carboxylic acids is 1. The van der Waals surface area contributed by atoms with Crippen molar-refractivity contribution in [1.82, 2.24) is 5.43 Å². The average Bonchev–Trinajstić information content (AvgIpc) is 2.57. The Bertz CT molecular complexity index is 782. The largest absolute Gasteiger partial charge is 0.483 e. The number of nitrogens with zero attached hydrogens (tertiary/aromatic N) is 1. The highest BCUT2D eigenvalue weighted by atomic mass is 16.5. The van der Waals surface area contributed by atoms with E-state index < -0.39 is 0 Å². The van der Waals surface area contributed by atoms with Crippen molar-refractivity contribution in [2.45, 2.75) is 33.6 Å². The highest BCUT2D eigenvalue weighted by Gasteiger charge is 2.10. The zero-order chi connectivity index (χ0) is 18.4. The van der Waals surface area contributed by atoms with Gasteiger partial charge in [0, 0.05) is 5.69 Å². The Hall–Kier alpha value is -2.82. The highest BCUT2D eigenvalue weighted by Crippen LogP contribution is 2.27. The first kappa shape index (κ1) is 18.5. The summed E-state index contributed by atoms with van der Waals surface area (Å²) in [5, 5.41) is 4.10. The molecule has 0 aliphatic carbocycles. The van der Waals surface area contributed by atoms with Gasteiger partial charge in [-0.1, -0.05) is 38.1 Å². The second kappa shape index (κ2) is 8.33. The molecule has 0 fully saturated rings. The third kappa shape index (κ3) is 5.35. The second-order valence-electron chi connectivity index (χ2n) is 6.34. The SMILES string of the molecule is CC(=NNC(=O)COc1cc(C)ccc1C(C)C)c1cccc(N)c1. The number of hydrogen-bond donors (Lipinski definition) is 2. The molecule has 0 aromatic heterocycles. The van der Waals surface area contributed by atoms with E-state index in [1.165, 1.54) is 0 Å². The van der Waals surface area contributed by atoms with Gasteiger partial charge >= 0.3 is 0 Å². The number of nitrogens with two attached hydrogens (primary N) is 1. The van der Waals surface area contributed by atoms with Crippen LogP contribution in [0, 0.1) is 6.92 Å². The summed E-state index contributed by atoms with van der Waals surface area (Å²) in [6.45, 7) is 7.91. The van der Waals surface area contributed by atoms with Gasteiger partial charge in [0.15, 0.2) is 6.61 Å². The Kier molecular flexibility index (Phi) is 6.17. The van der Waals surface area contributed by atoms with E-state index in [1.54, 1.807) is 6.07 Å². The predicted octanol–water partition coefficient (Wildman–Crippen LogP) is 3.62. The van der Waals surface area contributed by atoms with E-state index >= 15 is 0 Å². The van der Waals surface area contributed by atoms with Crippen LogP contribution in [0.4, 0.5) is 5.69 Å². The topological polar surface area (TPSA) is 76.7 Å². The smallest absolute Gasteiger partial charge is 0.277 e. The van der Waals surface area contributed by atoms with Crippen LogP contribution >= 0.6 is 0 Å². The summed E-state index contributed by atoms with van der Waals surface area (Å²) >= 11 is 0. The predicted molar refractivity (Wildman–Crippen MR) is 102 cm³/mol. The first-order valence-electron chi connectivity index (χ1n) is 8.29. The van der Waals surface area contributed by atoms with Gasteiger partial charge in [-0.05, 0) is 54.7 Å². The molecule has 0 atom stereocenters. The Morgan fingerprint density at radius 3 is 2.68 bits per heavy atom. The van der Waals surface area contributed by atoms with Crippen LogP contribution < -0.4 is 15.9 Å². The quantitative estimate of drug-likeness (QED) is 0.479. The molecule has 0 saturated carbocycles. The number of anilines is 1. The van der Waals surface area contributed by atoms with Gasteiger partial charge in [-0.3, -0.25) is 4.79 Å². The summed E-state index contributed by atoms with van der Waals surface area (Å²) < 4.78 is 5.70. The first-order chi connectivity index (χ1) is 11.9. The Morgan fingerprint density at radius 1 is 1.24 bits per heavy atom. The lowest BCUT2D eigenvalue weighted by molar-refractivity contribution is -0.123. The molecular formula is C20H25N3O2.